The Bertz CT molecular complexity index is 1010. The van der Waals surface area contributed by atoms with E-state index in [-0.39, 0.29) is 11.8 Å². The molecule has 1 N–H and O–H groups in total. The van der Waals surface area contributed by atoms with E-state index in [1.54, 1.807) is 12.4 Å². The molecule has 2 heterocycles. The number of hydrogen-bond donors (Lipinski definition) is 1. The van der Waals surface area contributed by atoms with Crippen LogP contribution < -0.4 is 5.32 Å². The van der Waals surface area contributed by atoms with Crippen LogP contribution in [0.25, 0.3) is 5.69 Å². The van der Waals surface area contributed by atoms with Gasteiger partial charge in [0.2, 0.25) is 5.91 Å². The number of amides is 1. The lowest BCUT2D eigenvalue weighted by Gasteiger charge is -2.17. The first kappa shape index (κ1) is 18.6. The molecule has 144 valence electrons. The topological polar surface area (TPSA) is 59.8 Å². The smallest absolute Gasteiger partial charge is 0.221 e. The number of aromatic nitrogens is 3. The fourth-order valence-corrected chi connectivity index (χ4v) is 3.41. The summed E-state index contributed by atoms with van der Waals surface area (Å²) in [6.45, 7) is 0.443. The fourth-order valence-electron chi connectivity index (χ4n) is 3.41. The molecule has 5 nitrogen and oxygen atoms in total. The molecule has 0 saturated carbocycles. The van der Waals surface area contributed by atoms with E-state index in [4.69, 9.17) is 0 Å². The van der Waals surface area contributed by atoms with E-state index in [0.29, 0.717) is 13.0 Å². The largest absolute Gasteiger partial charge is 0.352 e. The van der Waals surface area contributed by atoms with E-state index in [9.17, 15) is 4.79 Å². The van der Waals surface area contributed by atoms with Gasteiger partial charge in [-0.1, -0.05) is 54.6 Å². The third kappa shape index (κ3) is 4.58. The number of carbonyl (C=O) groups is 1. The number of nitrogens with one attached hydrogen (secondary N) is 1. The van der Waals surface area contributed by atoms with Gasteiger partial charge in [-0.2, -0.15) is 5.10 Å². The molecule has 2 aromatic heterocycles. The van der Waals surface area contributed by atoms with E-state index in [1.807, 2.05) is 89.7 Å². The van der Waals surface area contributed by atoms with Crippen molar-refractivity contribution in [1.29, 1.82) is 0 Å². The zero-order valence-corrected chi connectivity index (χ0v) is 16.0. The van der Waals surface area contributed by atoms with Gasteiger partial charge in [0.15, 0.2) is 0 Å². The van der Waals surface area contributed by atoms with Crippen molar-refractivity contribution in [2.24, 2.45) is 0 Å². The molecule has 0 radical (unpaired) electrons. The summed E-state index contributed by atoms with van der Waals surface area (Å²) in [5, 5.41) is 7.36. The minimum atomic E-state index is -0.0845. The second-order valence-electron chi connectivity index (χ2n) is 6.78. The van der Waals surface area contributed by atoms with Crippen molar-refractivity contribution in [3.8, 4) is 5.69 Å². The Morgan fingerprint density at radius 1 is 0.897 bits per heavy atom. The maximum atomic E-state index is 12.8. The van der Waals surface area contributed by atoms with Gasteiger partial charge >= 0.3 is 0 Å². The summed E-state index contributed by atoms with van der Waals surface area (Å²) in [6.07, 6.45) is 5.74. The fraction of sp³-hybridized carbons (Fsp3) is 0.125. The molecule has 5 heteroatoms. The SMILES string of the molecule is O=C(CC(c1ccccc1)c1ccccn1)NCc1ccccc1-n1cccn1. The molecule has 0 aliphatic rings. The van der Waals surface area contributed by atoms with E-state index < -0.39 is 0 Å². The molecule has 1 atom stereocenters. The van der Waals surface area contributed by atoms with Crippen LogP contribution in [-0.4, -0.2) is 20.7 Å². The van der Waals surface area contributed by atoms with E-state index >= 15 is 0 Å². The third-order valence-corrected chi connectivity index (χ3v) is 4.86. The second kappa shape index (κ2) is 8.97. The highest BCUT2D eigenvalue weighted by Gasteiger charge is 2.19. The van der Waals surface area contributed by atoms with Crippen LogP contribution in [0.3, 0.4) is 0 Å². The van der Waals surface area contributed by atoms with E-state index in [1.165, 1.54) is 0 Å². The first-order chi connectivity index (χ1) is 14.3. The van der Waals surface area contributed by atoms with Gasteiger partial charge in [0, 0.05) is 43.2 Å². The molecule has 2 aromatic carbocycles. The average Bonchev–Trinajstić information content (AvgIpc) is 3.32. The number of pyridine rings is 1. The molecule has 0 aliphatic heterocycles. The number of carbonyl (C=O) groups excluding carboxylic acids is 1. The summed E-state index contributed by atoms with van der Waals surface area (Å²) in [5.41, 5.74) is 3.95. The molecular weight excluding hydrogens is 360 g/mol. The molecule has 1 amide bonds. The minimum absolute atomic E-state index is 0.0141. The lowest BCUT2D eigenvalue weighted by atomic mass is 9.91. The highest BCUT2D eigenvalue weighted by atomic mass is 16.1. The van der Waals surface area contributed by atoms with Crippen molar-refractivity contribution in [3.63, 3.8) is 0 Å². The van der Waals surface area contributed by atoms with Crippen molar-refractivity contribution >= 4 is 5.91 Å². The lowest BCUT2D eigenvalue weighted by molar-refractivity contribution is -0.121. The summed E-state index contributed by atoms with van der Waals surface area (Å²) in [4.78, 5) is 17.3. The van der Waals surface area contributed by atoms with Crippen LogP contribution in [-0.2, 0) is 11.3 Å². The maximum absolute atomic E-state index is 12.8. The van der Waals surface area contributed by atoms with Crippen molar-refractivity contribution in [3.05, 3.63) is 114 Å². The predicted octanol–water partition coefficient (Wildman–Crippen LogP) is 4.11. The number of benzene rings is 2. The van der Waals surface area contributed by atoms with Crippen LogP contribution in [0.2, 0.25) is 0 Å². The van der Waals surface area contributed by atoms with Gasteiger partial charge in [0.25, 0.3) is 0 Å². The molecule has 0 spiro atoms. The number of rotatable bonds is 7. The molecular formula is C24H22N4O. The highest BCUT2D eigenvalue weighted by Crippen LogP contribution is 2.26. The zero-order chi connectivity index (χ0) is 19.9. The summed E-state index contributed by atoms with van der Waals surface area (Å²) in [6, 6.07) is 25.7. The molecule has 0 aliphatic carbocycles. The van der Waals surface area contributed by atoms with Crippen LogP contribution >= 0.6 is 0 Å². The Hall–Kier alpha value is -3.73. The van der Waals surface area contributed by atoms with Gasteiger partial charge in [-0.05, 0) is 35.4 Å². The van der Waals surface area contributed by atoms with Crippen molar-refractivity contribution in [2.75, 3.05) is 0 Å². The van der Waals surface area contributed by atoms with Crippen LogP contribution in [0.5, 0.6) is 0 Å². The molecule has 4 aromatic rings. The number of hydrogen-bond acceptors (Lipinski definition) is 3. The molecule has 0 fully saturated rings. The van der Waals surface area contributed by atoms with Crippen molar-refractivity contribution < 1.29 is 4.79 Å². The number of nitrogens with zero attached hydrogens (tertiary/aromatic N) is 3. The minimum Gasteiger partial charge on any atom is -0.352 e. The Labute approximate surface area is 170 Å². The Kier molecular flexibility index (Phi) is 5.76. The molecule has 4 rings (SSSR count). The molecule has 1 unspecified atom stereocenters. The van der Waals surface area contributed by atoms with Gasteiger partial charge < -0.3 is 5.32 Å². The zero-order valence-electron chi connectivity index (χ0n) is 16.0. The average molecular weight is 382 g/mol. The Morgan fingerprint density at radius 3 is 2.45 bits per heavy atom. The quantitative estimate of drug-likeness (QED) is 0.523. The van der Waals surface area contributed by atoms with Gasteiger partial charge in [0.05, 0.1) is 5.69 Å². The first-order valence-electron chi connectivity index (χ1n) is 9.62. The van der Waals surface area contributed by atoms with Crippen LogP contribution in [0.15, 0.2) is 97.5 Å². The van der Waals surface area contributed by atoms with Crippen LogP contribution in [0.1, 0.15) is 29.2 Å². The van der Waals surface area contributed by atoms with E-state index in [0.717, 1.165) is 22.5 Å². The molecule has 0 bridgehead atoms. The Balaban J connectivity index is 1.49. The van der Waals surface area contributed by atoms with Crippen LogP contribution in [0.4, 0.5) is 0 Å². The van der Waals surface area contributed by atoms with Crippen molar-refractivity contribution in [2.45, 2.75) is 18.9 Å². The van der Waals surface area contributed by atoms with Gasteiger partial charge in [-0.3, -0.25) is 9.78 Å². The summed E-state index contributed by atoms with van der Waals surface area (Å²) < 4.78 is 1.81. The molecule has 29 heavy (non-hydrogen) atoms. The van der Waals surface area contributed by atoms with E-state index in [2.05, 4.69) is 15.4 Å². The summed E-state index contributed by atoms with van der Waals surface area (Å²) in [7, 11) is 0. The Morgan fingerprint density at radius 2 is 1.69 bits per heavy atom. The van der Waals surface area contributed by atoms with Gasteiger partial charge in [0.1, 0.15) is 0 Å². The normalized spacial score (nSPS) is 11.7. The second-order valence-corrected chi connectivity index (χ2v) is 6.78. The third-order valence-electron chi connectivity index (χ3n) is 4.86. The van der Waals surface area contributed by atoms with Crippen molar-refractivity contribution in [1.82, 2.24) is 20.1 Å². The monoisotopic (exact) mass is 382 g/mol. The highest BCUT2D eigenvalue weighted by molar-refractivity contribution is 5.77. The molecule has 0 saturated heterocycles. The van der Waals surface area contributed by atoms with Gasteiger partial charge in [-0.25, -0.2) is 4.68 Å². The number of para-hydroxylation sites is 1. The summed E-state index contributed by atoms with van der Waals surface area (Å²) in [5.74, 6) is -0.0986. The standard InChI is InChI=1S/C24H22N4O/c29-24(26-18-20-11-4-5-13-23(20)28-16-8-15-27-28)17-21(19-9-2-1-3-10-19)22-12-6-7-14-25-22/h1-16,21H,17-18H2,(H,26,29). The maximum Gasteiger partial charge on any atom is 0.221 e. The predicted molar refractivity (Wildman–Crippen MR) is 113 cm³/mol. The van der Waals surface area contributed by atoms with Crippen LogP contribution in [0, 0.1) is 0 Å². The lowest BCUT2D eigenvalue weighted by Crippen LogP contribution is -2.25. The first-order valence-corrected chi connectivity index (χ1v) is 9.62. The van der Waals surface area contributed by atoms with Gasteiger partial charge in [-0.15, -0.1) is 0 Å². The summed E-state index contributed by atoms with van der Waals surface area (Å²) >= 11 is 0.